The number of amides is 2. The highest BCUT2D eigenvalue weighted by molar-refractivity contribution is 8.00. The van der Waals surface area contributed by atoms with E-state index in [0.717, 1.165) is 11.8 Å². The van der Waals surface area contributed by atoms with Gasteiger partial charge in [0.25, 0.3) is 5.91 Å². The molecular weight excluding hydrogens is 507 g/mol. The predicted octanol–water partition coefficient (Wildman–Crippen LogP) is 6.17. The summed E-state index contributed by atoms with van der Waals surface area (Å²) in [6.45, 7) is -0.487. The second-order valence-corrected chi connectivity index (χ2v) is 8.89. The number of thioether (sulfide) groups is 1. The Labute approximate surface area is 209 Å². The molecule has 2 amide bonds. The first-order valence-corrected chi connectivity index (χ1v) is 11.6. The van der Waals surface area contributed by atoms with Gasteiger partial charge in [-0.15, -0.1) is 11.8 Å². The number of para-hydroxylation sites is 1. The Morgan fingerprint density at radius 2 is 1.48 bits per heavy atom. The normalized spacial score (nSPS) is 10.4. The molecule has 6 nitrogen and oxygen atoms in total. The fourth-order valence-electron chi connectivity index (χ4n) is 2.69. The zero-order chi connectivity index (χ0) is 23.8. The van der Waals surface area contributed by atoms with Gasteiger partial charge in [0.2, 0.25) is 5.91 Å². The van der Waals surface area contributed by atoms with E-state index < -0.39 is 18.5 Å². The fourth-order valence-corrected chi connectivity index (χ4v) is 4.23. The lowest BCUT2D eigenvalue weighted by Crippen LogP contribution is -2.21. The summed E-state index contributed by atoms with van der Waals surface area (Å²) in [5.41, 5.74) is 1.13. The van der Waals surface area contributed by atoms with Gasteiger partial charge in [0.05, 0.1) is 22.0 Å². The average Bonchev–Trinajstić information content (AvgIpc) is 2.77. The molecule has 170 valence electrons. The van der Waals surface area contributed by atoms with Crippen LogP contribution in [-0.2, 0) is 14.3 Å². The van der Waals surface area contributed by atoms with E-state index in [1.165, 1.54) is 0 Å². The van der Waals surface area contributed by atoms with Gasteiger partial charge in [-0.1, -0.05) is 59.1 Å². The minimum Gasteiger partial charge on any atom is -0.452 e. The van der Waals surface area contributed by atoms with Gasteiger partial charge >= 0.3 is 5.97 Å². The number of halogens is 3. The van der Waals surface area contributed by atoms with Crippen LogP contribution in [-0.4, -0.2) is 30.1 Å². The highest BCUT2D eigenvalue weighted by atomic mass is 35.5. The minimum absolute atomic E-state index is 0.0292. The van der Waals surface area contributed by atoms with Crippen molar-refractivity contribution in [3.05, 3.63) is 87.4 Å². The summed E-state index contributed by atoms with van der Waals surface area (Å²) in [5.74, 6) is -1.49. The van der Waals surface area contributed by atoms with Crippen molar-refractivity contribution in [2.75, 3.05) is 23.0 Å². The zero-order valence-corrected chi connectivity index (χ0v) is 20.0. The van der Waals surface area contributed by atoms with Crippen molar-refractivity contribution < 1.29 is 19.1 Å². The van der Waals surface area contributed by atoms with Gasteiger partial charge in [-0.3, -0.25) is 9.59 Å². The SMILES string of the molecule is O=C(CSc1ccccc1C(=O)OCC(=O)Nc1ccccc1Cl)Nc1cc(Cl)cc(Cl)c1. The predicted molar refractivity (Wildman–Crippen MR) is 133 cm³/mol. The summed E-state index contributed by atoms with van der Waals surface area (Å²) in [6.07, 6.45) is 0. The smallest absolute Gasteiger partial charge is 0.339 e. The third kappa shape index (κ3) is 7.68. The number of esters is 1. The first-order valence-electron chi connectivity index (χ1n) is 9.51. The number of anilines is 2. The summed E-state index contributed by atoms with van der Waals surface area (Å²) in [4.78, 5) is 37.5. The zero-order valence-electron chi connectivity index (χ0n) is 16.9. The van der Waals surface area contributed by atoms with Crippen LogP contribution < -0.4 is 10.6 Å². The van der Waals surface area contributed by atoms with Gasteiger partial charge in [0, 0.05) is 20.6 Å². The molecule has 0 spiro atoms. The van der Waals surface area contributed by atoms with Crippen LogP contribution in [0.5, 0.6) is 0 Å². The standard InChI is InChI=1S/C23H17Cl3N2O4S/c24-14-9-15(25)11-16(10-14)27-22(30)13-33-20-8-4-1-5-17(20)23(31)32-12-21(29)28-19-7-3-2-6-18(19)26/h1-11H,12-13H2,(H,27,30)(H,28,29). The summed E-state index contributed by atoms with van der Waals surface area (Å²) in [6, 6.07) is 18.1. The third-order valence-corrected chi connectivity index (χ3v) is 5.93. The Bertz CT molecular complexity index is 1170. The summed E-state index contributed by atoms with van der Waals surface area (Å²) >= 11 is 19.0. The molecule has 0 radical (unpaired) electrons. The second-order valence-electron chi connectivity index (χ2n) is 6.60. The Morgan fingerprint density at radius 1 is 0.818 bits per heavy atom. The Morgan fingerprint density at radius 3 is 2.21 bits per heavy atom. The first kappa shape index (κ1) is 24.9. The fraction of sp³-hybridized carbons (Fsp3) is 0.0870. The molecule has 3 aromatic rings. The molecule has 0 aromatic heterocycles. The van der Waals surface area contributed by atoms with Crippen LogP contribution in [0.1, 0.15) is 10.4 Å². The first-order chi connectivity index (χ1) is 15.8. The van der Waals surface area contributed by atoms with Crippen molar-refractivity contribution >= 4 is 75.7 Å². The lowest BCUT2D eigenvalue weighted by molar-refractivity contribution is -0.119. The Hall–Kier alpha value is -2.71. The maximum Gasteiger partial charge on any atom is 0.339 e. The van der Waals surface area contributed by atoms with Gasteiger partial charge in [-0.05, 0) is 42.5 Å². The minimum atomic E-state index is -0.686. The van der Waals surface area contributed by atoms with Crippen molar-refractivity contribution in [3.63, 3.8) is 0 Å². The number of hydrogen-bond acceptors (Lipinski definition) is 5. The number of carbonyl (C=O) groups is 3. The van der Waals surface area contributed by atoms with Gasteiger partial charge < -0.3 is 15.4 Å². The molecule has 0 atom stereocenters. The van der Waals surface area contributed by atoms with Crippen LogP contribution in [0.3, 0.4) is 0 Å². The van der Waals surface area contributed by atoms with Crippen molar-refractivity contribution in [2.45, 2.75) is 4.90 Å². The topological polar surface area (TPSA) is 84.5 Å². The van der Waals surface area contributed by atoms with Gasteiger partial charge in [0.1, 0.15) is 0 Å². The van der Waals surface area contributed by atoms with E-state index in [4.69, 9.17) is 39.5 Å². The molecule has 10 heteroatoms. The molecule has 0 saturated carbocycles. The highest BCUT2D eigenvalue weighted by Gasteiger charge is 2.16. The number of hydrogen-bond donors (Lipinski definition) is 2. The molecule has 0 aliphatic heterocycles. The van der Waals surface area contributed by atoms with Crippen LogP contribution in [0.15, 0.2) is 71.6 Å². The average molecular weight is 524 g/mol. The van der Waals surface area contributed by atoms with E-state index in [1.807, 2.05) is 0 Å². The number of nitrogens with one attached hydrogen (secondary N) is 2. The van der Waals surface area contributed by atoms with Crippen LogP contribution >= 0.6 is 46.6 Å². The second kappa shape index (κ2) is 12.0. The van der Waals surface area contributed by atoms with Crippen molar-refractivity contribution in [3.8, 4) is 0 Å². The summed E-state index contributed by atoms with van der Waals surface area (Å²) in [7, 11) is 0. The maximum atomic E-state index is 12.5. The molecule has 0 aliphatic rings. The molecule has 2 N–H and O–H groups in total. The molecule has 3 rings (SSSR count). The number of ether oxygens (including phenoxy) is 1. The lowest BCUT2D eigenvalue weighted by atomic mass is 10.2. The molecular formula is C23H17Cl3N2O4S. The van der Waals surface area contributed by atoms with Crippen LogP contribution in [0.25, 0.3) is 0 Å². The summed E-state index contributed by atoms with van der Waals surface area (Å²) < 4.78 is 5.13. The Kier molecular flexibility index (Phi) is 9.03. The Balaban J connectivity index is 1.55. The molecule has 0 unspecified atom stereocenters. The van der Waals surface area contributed by atoms with Gasteiger partial charge in [-0.2, -0.15) is 0 Å². The van der Waals surface area contributed by atoms with Crippen molar-refractivity contribution in [1.29, 1.82) is 0 Å². The molecule has 33 heavy (non-hydrogen) atoms. The largest absolute Gasteiger partial charge is 0.452 e. The van der Waals surface area contributed by atoms with E-state index >= 15 is 0 Å². The molecule has 0 heterocycles. The monoisotopic (exact) mass is 522 g/mol. The molecule has 0 saturated heterocycles. The lowest BCUT2D eigenvalue weighted by Gasteiger charge is -2.11. The third-order valence-electron chi connectivity index (χ3n) is 4.09. The van der Waals surface area contributed by atoms with E-state index in [2.05, 4.69) is 10.6 Å². The van der Waals surface area contributed by atoms with E-state index in [1.54, 1.807) is 66.7 Å². The quantitative estimate of drug-likeness (QED) is 0.272. The molecule has 0 bridgehead atoms. The van der Waals surface area contributed by atoms with Crippen molar-refractivity contribution in [1.82, 2.24) is 0 Å². The van der Waals surface area contributed by atoms with Gasteiger partial charge in [-0.25, -0.2) is 4.79 Å². The van der Waals surface area contributed by atoms with Crippen molar-refractivity contribution in [2.24, 2.45) is 0 Å². The highest BCUT2D eigenvalue weighted by Crippen LogP contribution is 2.26. The van der Waals surface area contributed by atoms with Crippen LogP contribution in [0.2, 0.25) is 15.1 Å². The number of benzene rings is 3. The number of rotatable bonds is 8. The maximum absolute atomic E-state index is 12.5. The van der Waals surface area contributed by atoms with E-state index in [-0.39, 0.29) is 17.2 Å². The molecule has 3 aromatic carbocycles. The van der Waals surface area contributed by atoms with Crippen LogP contribution in [0, 0.1) is 0 Å². The van der Waals surface area contributed by atoms with E-state index in [9.17, 15) is 14.4 Å². The molecule has 0 fully saturated rings. The summed E-state index contributed by atoms with van der Waals surface area (Å²) in [5, 5.41) is 6.45. The van der Waals surface area contributed by atoms with E-state index in [0.29, 0.717) is 31.3 Å². The number of carbonyl (C=O) groups excluding carboxylic acids is 3. The van der Waals surface area contributed by atoms with Gasteiger partial charge in [0.15, 0.2) is 6.61 Å². The molecule has 0 aliphatic carbocycles. The van der Waals surface area contributed by atoms with Crippen LogP contribution in [0.4, 0.5) is 11.4 Å².